The molecule has 0 amide bonds. The molecule has 0 bridgehead atoms. The number of thiazole rings is 1. The fourth-order valence-corrected chi connectivity index (χ4v) is 2.91. The number of hydrogen-bond donors (Lipinski definition) is 1. The molecule has 78 valence electrons. The Bertz CT molecular complexity index is 288. The van der Waals surface area contributed by atoms with E-state index in [1.54, 1.807) is 11.3 Å². The Balaban J connectivity index is 1.89. The Morgan fingerprint density at radius 2 is 2.36 bits per heavy atom. The van der Waals surface area contributed by atoms with Crippen LogP contribution in [0.4, 0.5) is 0 Å². The zero-order valence-electron chi connectivity index (χ0n) is 8.73. The van der Waals surface area contributed by atoms with Crippen molar-refractivity contribution in [2.24, 2.45) is 11.8 Å². The molecule has 0 saturated heterocycles. The first-order valence-corrected chi connectivity index (χ1v) is 6.08. The summed E-state index contributed by atoms with van der Waals surface area (Å²) in [7, 11) is 0. The van der Waals surface area contributed by atoms with Gasteiger partial charge in [-0.1, -0.05) is 13.8 Å². The van der Waals surface area contributed by atoms with Gasteiger partial charge in [0, 0.05) is 18.0 Å². The molecule has 2 rings (SSSR count). The maximum Gasteiger partial charge on any atom is 0.0953 e. The molecule has 0 unspecified atom stereocenters. The zero-order chi connectivity index (χ0) is 10.2. The van der Waals surface area contributed by atoms with E-state index in [9.17, 15) is 5.11 Å². The molecular formula is C11H17NOS. The monoisotopic (exact) mass is 211 g/mol. The van der Waals surface area contributed by atoms with Crippen molar-refractivity contribution in [3.63, 3.8) is 0 Å². The Hall–Kier alpha value is -0.410. The average molecular weight is 211 g/mol. The predicted octanol–water partition coefficient (Wildman–Crippen LogP) is 2.48. The van der Waals surface area contributed by atoms with E-state index in [2.05, 4.69) is 18.8 Å². The minimum absolute atomic E-state index is 0.452. The quantitative estimate of drug-likeness (QED) is 0.833. The van der Waals surface area contributed by atoms with Crippen LogP contribution in [0.15, 0.2) is 11.6 Å². The van der Waals surface area contributed by atoms with E-state index in [0.717, 1.165) is 24.3 Å². The minimum Gasteiger partial charge on any atom is -0.389 e. The van der Waals surface area contributed by atoms with Crippen molar-refractivity contribution in [2.75, 3.05) is 0 Å². The molecule has 3 heteroatoms. The third-order valence-corrected chi connectivity index (χ3v) is 3.97. The third kappa shape index (κ3) is 1.98. The van der Waals surface area contributed by atoms with Crippen LogP contribution in [-0.2, 0) is 6.42 Å². The molecular weight excluding hydrogens is 194 g/mol. The fraction of sp³-hybridized carbons (Fsp3) is 0.727. The summed E-state index contributed by atoms with van der Waals surface area (Å²) in [5.74, 6) is 1.41. The van der Waals surface area contributed by atoms with E-state index in [-0.39, 0.29) is 0 Å². The molecule has 2 nitrogen and oxygen atoms in total. The van der Waals surface area contributed by atoms with Crippen LogP contribution in [0.5, 0.6) is 0 Å². The summed E-state index contributed by atoms with van der Waals surface area (Å²) in [6.07, 6.45) is 4.45. The molecule has 1 heterocycles. The fourth-order valence-electron chi connectivity index (χ4n) is 2.15. The van der Waals surface area contributed by atoms with E-state index in [1.165, 1.54) is 0 Å². The van der Waals surface area contributed by atoms with Gasteiger partial charge in [0.25, 0.3) is 0 Å². The first-order chi connectivity index (χ1) is 6.59. The second-order valence-corrected chi connectivity index (χ2v) is 5.72. The van der Waals surface area contributed by atoms with E-state index in [1.807, 2.05) is 11.6 Å². The summed E-state index contributed by atoms with van der Waals surface area (Å²) in [5.41, 5.74) is -0.452. The van der Waals surface area contributed by atoms with Gasteiger partial charge in [0.05, 0.1) is 10.6 Å². The van der Waals surface area contributed by atoms with Crippen LogP contribution in [0.2, 0.25) is 0 Å². The van der Waals surface area contributed by atoms with Gasteiger partial charge in [0.2, 0.25) is 0 Å². The van der Waals surface area contributed by atoms with Crippen LogP contribution in [0.25, 0.3) is 0 Å². The second-order valence-electron chi connectivity index (χ2n) is 4.74. The number of aromatic nitrogens is 1. The molecule has 1 aliphatic carbocycles. The van der Waals surface area contributed by atoms with Gasteiger partial charge in [-0.3, -0.25) is 0 Å². The largest absolute Gasteiger partial charge is 0.389 e. The lowest BCUT2D eigenvalue weighted by Gasteiger charge is -2.45. The lowest BCUT2D eigenvalue weighted by atomic mass is 9.65. The van der Waals surface area contributed by atoms with Crippen molar-refractivity contribution in [1.82, 2.24) is 4.98 Å². The van der Waals surface area contributed by atoms with Gasteiger partial charge in [-0.2, -0.15) is 0 Å². The number of rotatable bonds is 3. The molecule has 1 aliphatic rings. The van der Waals surface area contributed by atoms with Crippen molar-refractivity contribution < 1.29 is 5.11 Å². The van der Waals surface area contributed by atoms with Gasteiger partial charge in [0.1, 0.15) is 0 Å². The topological polar surface area (TPSA) is 33.1 Å². The number of hydrogen-bond acceptors (Lipinski definition) is 3. The Labute approximate surface area is 89.0 Å². The Morgan fingerprint density at radius 3 is 2.86 bits per heavy atom. The van der Waals surface area contributed by atoms with Crippen molar-refractivity contribution in [3.8, 4) is 0 Å². The smallest absolute Gasteiger partial charge is 0.0953 e. The van der Waals surface area contributed by atoms with Crippen LogP contribution in [0.1, 0.15) is 31.7 Å². The average Bonchev–Trinajstić information content (AvgIpc) is 2.51. The molecule has 1 aromatic heterocycles. The van der Waals surface area contributed by atoms with E-state index in [0.29, 0.717) is 11.8 Å². The van der Waals surface area contributed by atoms with Crippen molar-refractivity contribution in [2.45, 2.75) is 38.7 Å². The first-order valence-electron chi connectivity index (χ1n) is 5.20. The van der Waals surface area contributed by atoms with Crippen molar-refractivity contribution in [3.05, 3.63) is 16.6 Å². The van der Waals surface area contributed by atoms with Gasteiger partial charge >= 0.3 is 0 Å². The first kappa shape index (κ1) is 10.1. The van der Waals surface area contributed by atoms with Crippen LogP contribution < -0.4 is 0 Å². The highest BCUT2D eigenvalue weighted by atomic mass is 32.1. The zero-order valence-corrected chi connectivity index (χ0v) is 9.55. The maximum atomic E-state index is 10.2. The number of nitrogens with zero attached hydrogens (tertiary/aromatic N) is 1. The molecule has 0 aliphatic heterocycles. The van der Waals surface area contributed by atoms with Crippen LogP contribution >= 0.6 is 11.3 Å². The molecule has 1 saturated carbocycles. The van der Waals surface area contributed by atoms with Gasteiger partial charge in [0.15, 0.2) is 0 Å². The highest BCUT2D eigenvalue weighted by molar-refractivity contribution is 7.09. The molecule has 0 aromatic carbocycles. The summed E-state index contributed by atoms with van der Waals surface area (Å²) >= 11 is 1.64. The minimum atomic E-state index is -0.452. The molecule has 0 spiro atoms. The highest BCUT2D eigenvalue weighted by Crippen LogP contribution is 2.44. The molecule has 14 heavy (non-hydrogen) atoms. The summed E-state index contributed by atoms with van der Waals surface area (Å²) in [6, 6.07) is 0. The van der Waals surface area contributed by atoms with Crippen molar-refractivity contribution in [1.29, 1.82) is 0 Å². The molecule has 1 aromatic rings. The Morgan fingerprint density at radius 1 is 1.64 bits per heavy atom. The summed E-state index contributed by atoms with van der Waals surface area (Å²) in [4.78, 5) is 4.21. The normalized spacial score (nSPS) is 31.9. The Kier molecular flexibility index (Phi) is 2.62. The van der Waals surface area contributed by atoms with Gasteiger partial charge in [-0.25, -0.2) is 4.98 Å². The van der Waals surface area contributed by atoms with E-state index >= 15 is 0 Å². The summed E-state index contributed by atoms with van der Waals surface area (Å²) < 4.78 is 0. The summed E-state index contributed by atoms with van der Waals surface area (Å²) in [5, 5.41) is 13.2. The SMILES string of the molecule is CC(C)C1CC(O)(Cc2nccs2)C1. The van der Waals surface area contributed by atoms with Crippen LogP contribution in [0, 0.1) is 11.8 Å². The van der Waals surface area contributed by atoms with E-state index < -0.39 is 5.60 Å². The highest BCUT2D eigenvalue weighted by Gasteiger charge is 2.43. The molecule has 1 fully saturated rings. The second kappa shape index (κ2) is 3.63. The lowest BCUT2D eigenvalue weighted by molar-refractivity contribution is -0.0860. The molecule has 0 atom stereocenters. The summed E-state index contributed by atoms with van der Waals surface area (Å²) in [6.45, 7) is 4.46. The standard InChI is InChI=1S/C11H17NOS/c1-8(2)9-5-11(13,6-9)7-10-12-3-4-14-10/h3-4,8-9,13H,5-7H2,1-2H3. The molecule has 0 radical (unpaired) electrons. The maximum absolute atomic E-state index is 10.2. The van der Waals surface area contributed by atoms with Crippen LogP contribution in [0.3, 0.4) is 0 Å². The van der Waals surface area contributed by atoms with Gasteiger partial charge in [-0.05, 0) is 24.7 Å². The predicted molar refractivity (Wildman–Crippen MR) is 58.3 cm³/mol. The van der Waals surface area contributed by atoms with E-state index in [4.69, 9.17) is 0 Å². The lowest BCUT2D eigenvalue weighted by Crippen LogP contribution is -2.47. The van der Waals surface area contributed by atoms with Gasteiger partial charge in [-0.15, -0.1) is 11.3 Å². The number of aliphatic hydroxyl groups is 1. The molecule has 1 N–H and O–H groups in total. The third-order valence-electron chi connectivity index (χ3n) is 3.19. The van der Waals surface area contributed by atoms with Gasteiger partial charge < -0.3 is 5.11 Å². The van der Waals surface area contributed by atoms with Crippen LogP contribution in [-0.4, -0.2) is 15.7 Å². The van der Waals surface area contributed by atoms with Crippen molar-refractivity contribution >= 4 is 11.3 Å².